The van der Waals surface area contributed by atoms with E-state index >= 15 is 0 Å². The zero-order valence-corrected chi connectivity index (χ0v) is 19.2. The van der Waals surface area contributed by atoms with Gasteiger partial charge in [0.1, 0.15) is 11.6 Å². The van der Waals surface area contributed by atoms with Gasteiger partial charge >= 0.3 is 0 Å². The smallest absolute Gasteiger partial charge is 0.264 e. The van der Waals surface area contributed by atoms with Crippen LogP contribution >= 0.6 is 0 Å². The van der Waals surface area contributed by atoms with Gasteiger partial charge in [0.05, 0.1) is 27.8 Å². The lowest BCUT2D eigenvalue weighted by molar-refractivity contribution is 0.478. The SMILES string of the molecule is Cc1ccc2nc(-c3cccc(-c4nc5ccc(C)cc5n4CCCS(=O)(=O)O)c3)[nH]c2c1. The third kappa shape index (κ3) is 4.40. The van der Waals surface area contributed by atoms with Gasteiger partial charge in [0.15, 0.2) is 0 Å². The molecule has 0 atom stereocenters. The van der Waals surface area contributed by atoms with Crippen LogP contribution in [0, 0.1) is 13.8 Å². The summed E-state index contributed by atoms with van der Waals surface area (Å²) >= 11 is 0. The van der Waals surface area contributed by atoms with Crippen molar-refractivity contribution in [2.24, 2.45) is 0 Å². The van der Waals surface area contributed by atoms with E-state index in [0.717, 1.165) is 50.4 Å². The fourth-order valence-electron chi connectivity index (χ4n) is 4.15. The first-order valence-electron chi connectivity index (χ1n) is 10.8. The Balaban J connectivity index is 1.59. The van der Waals surface area contributed by atoms with Crippen LogP contribution in [0.5, 0.6) is 0 Å². The van der Waals surface area contributed by atoms with Crippen LogP contribution in [-0.2, 0) is 16.7 Å². The van der Waals surface area contributed by atoms with E-state index in [1.165, 1.54) is 5.56 Å². The molecule has 0 radical (unpaired) electrons. The van der Waals surface area contributed by atoms with E-state index in [-0.39, 0.29) is 12.2 Å². The monoisotopic (exact) mass is 460 g/mol. The van der Waals surface area contributed by atoms with Gasteiger partial charge in [0, 0.05) is 17.7 Å². The first-order valence-corrected chi connectivity index (χ1v) is 12.4. The summed E-state index contributed by atoms with van der Waals surface area (Å²) in [6.45, 7) is 4.48. The fourth-order valence-corrected chi connectivity index (χ4v) is 4.64. The van der Waals surface area contributed by atoms with Crippen molar-refractivity contribution < 1.29 is 13.0 Å². The van der Waals surface area contributed by atoms with Gasteiger partial charge in [-0.1, -0.05) is 30.3 Å². The molecule has 0 aliphatic rings. The number of hydrogen-bond donors (Lipinski definition) is 2. The van der Waals surface area contributed by atoms with Crippen molar-refractivity contribution in [3.05, 3.63) is 71.8 Å². The normalized spacial score (nSPS) is 12.1. The van der Waals surface area contributed by atoms with Crippen molar-refractivity contribution in [2.45, 2.75) is 26.8 Å². The molecule has 8 heteroatoms. The van der Waals surface area contributed by atoms with Crippen LogP contribution in [0.2, 0.25) is 0 Å². The lowest BCUT2D eigenvalue weighted by atomic mass is 10.1. The van der Waals surface area contributed by atoms with Gasteiger partial charge in [-0.05, 0) is 61.7 Å². The quantitative estimate of drug-likeness (QED) is 0.342. The Morgan fingerprint density at radius 3 is 2.42 bits per heavy atom. The van der Waals surface area contributed by atoms with Crippen LogP contribution < -0.4 is 0 Å². The second-order valence-electron chi connectivity index (χ2n) is 8.41. The molecular formula is C25H24N4O3S. The minimum Gasteiger partial charge on any atom is -0.338 e. The summed E-state index contributed by atoms with van der Waals surface area (Å²) in [6, 6.07) is 20.2. The van der Waals surface area contributed by atoms with Crippen molar-refractivity contribution in [1.82, 2.24) is 19.5 Å². The molecule has 0 amide bonds. The highest BCUT2D eigenvalue weighted by molar-refractivity contribution is 7.85. The molecule has 0 unspecified atom stereocenters. The Bertz CT molecular complexity index is 1600. The maximum absolute atomic E-state index is 11.2. The molecule has 0 aliphatic carbocycles. The van der Waals surface area contributed by atoms with Gasteiger partial charge < -0.3 is 9.55 Å². The average Bonchev–Trinajstić information content (AvgIpc) is 3.34. The second-order valence-corrected chi connectivity index (χ2v) is 9.98. The standard InChI is InChI=1S/C25H24N4O3S/c1-16-7-9-20-22(13-16)27-24(26-20)18-5-3-6-19(15-18)25-28-21-10-8-17(2)14-23(21)29(25)11-4-12-33(30,31)32/h3,5-10,13-15H,4,11-12H2,1-2H3,(H,26,27)(H,30,31,32). The van der Waals surface area contributed by atoms with E-state index in [9.17, 15) is 8.42 Å². The third-order valence-corrected chi connectivity index (χ3v) is 6.52. The second kappa shape index (κ2) is 8.13. The highest BCUT2D eigenvalue weighted by Gasteiger charge is 2.15. The summed E-state index contributed by atoms with van der Waals surface area (Å²) in [5, 5.41) is 0. The number of benzene rings is 3. The zero-order valence-electron chi connectivity index (χ0n) is 18.4. The molecule has 2 aromatic heterocycles. The molecule has 0 saturated heterocycles. The van der Waals surface area contributed by atoms with Crippen molar-refractivity contribution in [3.63, 3.8) is 0 Å². The van der Waals surface area contributed by atoms with Crippen molar-refractivity contribution in [2.75, 3.05) is 5.75 Å². The number of nitrogens with one attached hydrogen (secondary N) is 1. The molecule has 3 aromatic carbocycles. The van der Waals surface area contributed by atoms with Gasteiger partial charge in [-0.25, -0.2) is 9.97 Å². The van der Waals surface area contributed by atoms with E-state index in [1.807, 2.05) is 66.1 Å². The lowest BCUT2D eigenvalue weighted by Gasteiger charge is -2.10. The molecule has 2 heterocycles. The van der Waals surface area contributed by atoms with Crippen LogP contribution in [0.15, 0.2) is 60.7 Å². The number of imidazole rings is 2. The maximum atomic E-state index is 11.2. The van der Waals surface area contributed by atoms with Crippen LogP contribution in [0.3, 0.4) is 0 Å². The van der Waals surface area contributed by atoms with Crippen LogP contribution in [0.4, 0.5) is 0 Å². The van der Waals surface area contributed by atoms with Crippen LogP contribution in [-0.4, -0.2) is 38.2 Å². The molecule has 0 fully saturated rings. The average molecular weight is 461 g/mol. The summed E-state index contributed by atoms with van der Waals surface area (Å²) in [5.74, 6) is 1.23. The van der Waals surface area contributed by atoms with Gasteiger partial charge in [0.2, 0.25) is 0 Å². The summed E-state index contributed by atoms with van der Waals surface area (Å²) < 4.78 is 33.7. The number of nitrogens with zero attached hydrogens (tertiary/aromatic N) is 3. The van der Waals surface area contributed by atoms with Gasteiger partial charge in [0.25, 0.3) is 10.1 Å². The first kappa shape index (κ1) is 21.4. The van der Waals surface area contributed by atoms with Crippen molar-refractivity contribution in [1.29, 1.82) is 0 Å². The molecule has 5 rings (SSSR count). The number of rotatable bonds is 6. The van der Waals surface area contributed by atoms with Crippen LogP contribution in [0.1, 0.15) is 17.5 Å². The number of aromatic amines is 1. The van der Waals surface area contributed by atoms with E-state index < -0.39 is 10.1 Å². The molecule has 5 aromatic rings. The molecule has 0 spiro atoms. The minimum atomic E-state index is -4.02. The summed E-state index contributed by atoms with van der Waals surface area (Å²) in [7, 11) is -4.02. The lowest BCUT2D eigenvalue weighted by Crippen LogP contribution is -2.09. The van der Waals surface area contributed by atoms with Gasteiger partial charge in [-0.2, -0.15) is 8.42 Å². The highest BCUT2D eigenvalue weighted by atomic mass is 32.2. The Kier molecular flexibility index (Phi) is 5.26. The summed E-state index contributed by atoms with van der Waals surface area (Å²) in [4.78, 5) is 13.0. The molecule has 7 nitrogen and oxygen atoms in total. The number of aryl methyl sites for hydroxylation is 3. The Morgan fingerprint density at radius 2 is 1.64 bits per heavy atom. The van der Waals surface area contributed by atoms with Crippen molar-refractivity contribution >= 4 is 32.2 Å². The summed E-state index contributed by atoms with van der Waals surface area (Å²) in [5.41, 5.74) is 7.78. The maximum Gasteiger partial charge on any atom is 0.264 e. The molecule has 0 bridgehead atoms. The fraction of sp³-hybridized carbons (Fsp3) is 0.200. The van der Waals surface area contributed by atoms with Gasteiger partial charge in [-0.15, -0.1) is 0 Å². The van der Waals surface area contributed by atoms with E-state index in [4.69, 9.17) is 14.5 Å². The number of aromatic nitrogens is 4. The third-order valence-electron chi connectivity index (χ3n) is 5.72. The molecule has 168 valence electrons. The van der Waals surface area contributed by atoms with E-state index in [2.05, 4.69) is 18.0 Å². The summed E-state index contributed by atoms with van der Waals surface area (Å²) in [6.07, 6.45) is 0.286. The predicted octanol–water partition coefficient (Wildman–Crippen LogP) is 5.14. The van der Waals surface area contributed by atoms with E-state index in [1.54, 1.807) is 0 Å². The zero-order chi connectivity index (χ0) is 23.2. The molecule has 33 heavy (non-hydrogen) atoms. The largest absolute Gasteiger partial charge is 0.338 e. The Morgan fingerprint density at radius 1 is 0.909 bits per heavy atom. The van der Waals surface area contributed by atoms with E-state index in [0.29, 0.717) is 6.54 Å². The topological polar surface area (TPSA) is 101 Å². The molecule has 2 N–H and O–H groups in total. The number of hydrogen-bond acceptors (Lipinski definition) is 4. The molecule has 0 aliphatic heterocycles. The predicted molar refractivity (Wildman–Crippen MR) is 131 cm³/mol. The molecular weight excluding hydrogens is 436 g/mol. The Labute approximate surface area is 191 Å². The Hall–Kier alpha value is -3.49. The first-order chi connectivity index (χ1) is 15.8. The van der Waals surface area contributed by atoms with Crippen molar-refractivity contribution in [3.8, 4) is 22.8 Å². The number of fused-ring (bicyclic) bond motifs is 2. The number of H-pyrrole nitrogens is 1. The van der Waals surface area contributed by atoms with Crippen LogP contribution in [0.25, 0.3) is 44.8 Å². The highest BCUT2D eigenvalue weighted by Crippen LogP contribution is 2.29. The minimum absolute atomic E-state index is 0.286. The van der Waals surface area contributed by atoms with Gasteiger partial charge in [-0.3, -0.25) is 4.55 Å². The molecule has 0 saturated carbocycles.